The summed E-state index contributed by atoms with van der Waals surface area (Å²) in [5, 5.41) is 12.7. The summed E-state index contributed by atoms with van der Waals surface area (Å²) in [5.41, 5.74) is 1.99. The minimum Gasteiger partial charge on any atom is -0.480 e. The number of aliphatic carboxylic acids is 1. The summed E-state index contributed by atoms with van der Waals surface area (Å²) >= 11 is 0. The maximum Gasteiger partial charge on any atom is 0.317 e. The molecular weight excluding hydrogens is 270 g/mol. The normalized spacial score (nSPS) is 10.8. The van der Waals surface area contributed by atoms with Crippen LogP contribution in [0.4, 0.5) is 0 Å². The molecule has 0 atom stereocenters. The standard InChI is InChI=1S/C15H17N3O3/c1-3-8-18(10-14(19)20)9-13-16-15(21-17-13)12-6-4-11(2)5-7-12/h3-7H,1,8-10H2,2H3,(H,19,20). The molecule has 6 nitrogen and oxygen atoms in total. The lowest BCUT2D eigenvalue weighted by Crippen LogP contribution is -2.29. The number of carboxylic acids is 1. The summed E-state index contributed by atoms with van der Waals surface area (Å²) in [4.78, 5) is 16.8. The third-order valence-electron chi connectivity index (χ3n) is 2.88. The molecule has 0 saturated carbocycles. The highest BCUT2D eigenvalue weighted by molar-refractivity contribution is 5.69. The molecule has 21 heavy (non-hydrogen) atoms. The minimum absolute atomic E-state index is 0.0968. The van der Waals surface area contributed by atoms with Crippen LogP contribution in [0, 0.1) is 6.92 Å². The Bertz CT molecular complexity index is 619. The molecule has 1 aromatic heterocycles. The van der Waals surface area contributed by atoms with Crippen LogP contribution >= 0.6 is 0 Å². The molecule has 110 valence electrons. The van der Waals surface area contributed by atoms with Gasteiger partial charge < -0.3 is 9.63 Å². The summed E-state index contributed by atoms with van der Waals surface area (Å²) in [5.74, 6) is -0.0216. The van der Waals surface area contributed by atoms with Gasteiger partial charge in [0.1, 0.15) is 0 Å². The predicted molar refractivity (Wildman–Crippen MR) is 77.6 cm³/mol. The first-order chi connectivity index (χ1) is 10.1. The van der Waals surface area contributed by atoms with E-state index in [1.165, 1.54) is 0 Å². The van der Waals surface area contributed by atoms with Gasteiger partial charge in [-0.15, -0.1) is 6.58 Å². The number of aryl methyl sites for hydroxylation is 1. The lowest BCUT2D eigenvalue weighted by atomic mass is 10.1. The molecule has 0 bridgehead atoms. The van der Waals surface area contributed by atoms with E-state index in [0.29, 0.717) is 24.8 Å². The second kappa shape index (κ2) is 6.81. The number of rotatable bonds is 7. The van der Waals surface area contributed by atoms with Crippen LogP contribution in [0.15, 0.2) is 41.4 Å². The molecule has 0 unspecified atom stereocenters. The molecule has 0 aliphatic carbocycles. The van der Waals surface area contributed by atoms with Gasteiger partial charge >= 0.3 is 5.97 Å². The summed E-state index contributed by atoms with van der Waals surface area (Å²) in [7, 11) is 0. The Hall–Kier alpha value is -2.47. The van der Waals surface area contributed by atoms with Crippen LogP contribution in [0.1, 0.15) is 11.4 Å². The smallest absolute Gasteiger partial charge is 0.317 e. The van der Waals surface area contributed by atoms with E-state index in [1.807, 2.05) is 31.2 Å². The summed E-state index contributed by atoms with van der Waals surface area (Å²) < 4.78 is 5.21. The Morgan fingerprint density at radius 1 is 1.43 bits per heavy atom. The molecule has 0 aliphatic rings. The lowest BCUT2D eigenvalue weighted by Gasteiger charge is -2.15. The van der Waals surface area contributed by atoms with Gasteiger partial charge in [0, 0.05) is 12.1 Å². The number of hydrogen-bond donors (Lipinski definition) is 1. The largest absolute Gasteiger partial charge is 0.480 e. The molecule has 1 N–H and O–H groups in total. The monoisotopic (exact) mass is 287 g/mol. The second-order valence-corrected chi connectivity index (χ2v) is 4.73. The molecule has 0 saturated heterocycles. The Labute approximate surface area is 122 Å². The zero-order chi connectivity index (χ0) is 15.2. The van der Waals surface area contributed by atoms with Crippen molar-refractivity contribution in [3.8, 4) is 11.5 Å². The predicted octanol–water partition coefficient (Wildman–Crippen LogP) is 2.12. The van der Waals surface area contributed by atoms with Crippen molar-refractivity contribution < 1.29 is 14.4 Å². The highest BCUT2D eigenvalue weighted by Gasteiger charge is 2.14. The second-order valence-electron chi connectivity index (χ2n) is 4.73. The van der Waals surface area contributed by atoms with Gasteiger partial charge in [-0.3, -0.25) is 9.69 Å². The third kappa shape index (κ3) is 4.25. The van der Waals surface area contributed by atoms with E-state index in [2.05, 4.69) is 16.7 Å². The van der Waals surface area contributed by atoms with Crippen LogP contribution < -0.4 is 0 Å². The van der Waals surface area contributed by atoms with Crippen molar-refractivity contribution in [1.82, 2.24) is 15.0 Å². The minimum atomic E-state index is -0.904. The van der Waals surface area contributed by atoms with Crippen LogP contribution in [0.25, 0.3) is 11.5 Å². The molecular formula is C15H17N3O3. The first-order valence-corrected chi connectivity index (χ1v) is 6.53. The summed E-state index contributed by atoms with van der Waals surface area (Å²) in [6.45, 7) is 6.26. The number of carbonyl (C=O) groups is 1. The van der Waals surface area contributed by atoms with Crippen LogP contribution in [0.3, 0.4) is 0 Å². The van der Waals surface area contributed by atoms with Crippen LogP contribution in [-0.4, -0.2) is 39.2 Å². The highest BCUT2D eigenvalue weighted by Crippen LogP contribution is 2.17. The zero-order valence-corrected chi connectivity index (χ0v) is 11.8. The van der Waals surface area contributed by atoms with E-state index in [1.54, 1.807) is 11.0 Å². The molecule has 1 aromatic carbocycles. The summed E-state index contributed by atoms with van der Waals surface area (Å²) in [6, 6.07) is 7.75. The Morgan fingerprint density at radius 2 is 2.14 bits per heavy atom. The first kappa shape index (κ1) is 14.9. The van der Waals surface area contributed by atoms with Crippen molar-refractivity contribution in [3.05, 3.63) is 48.3 Å². The van der Waals surface area contributed by atoms with Crippen molar-refractivity contribution in [3.63, 3.8) is 0 Å². The topological polar surface area (TPSA) is 79.5 Å². The number of hydrogen-bond acceptors (Lipinski definition) is 5. The average Bonchev–Trinajstić information content (AvgIpc) is 2.87. The molecule has 0 radical (unpaired) electrons. The molecule has 2 aromatic rings. The fourth-order valence-corrected chi connectivity index (χ4v) is 1.89. The van der Waals surface area contributed by atoms with Gasteiger partial charge in [-0.2, -0.15) is 4.98 Å². The SMILES string of the molecule is C=CCN(CC(=O)O)Cc1noc(-c2ccc(C)cc2)n1. The van der Waals surface area contributed by atoms with Crippen molar-refractivity contribution in [2.24, 2.45) is 0 Å². The number of benzene rings is 1. The highest BCUT2D eigenvalue weighted by atomic mass is 16.5. The number of nitrogens with zero attached hydrogens (tertiary/aromatic N) is 3. The van der Waals surface area contributed by atoms with E-state index in [4.69, 9.17) is 9.63 Å². The summed E-state index contributed by atoms with van der Waals surface area (Å²) in [6.07, 6.45) is 1.64. The van der Waals surface area contributed by atoms with E-state index in [9.17, 15) is 4.79 Å². The third-order valence-corrected chi connectivity index (χ3v) is 2.88. The molecule has 0 aliphatic heterocycles. The van der Waals surface area contributed by atoms with Crippen LogP contribution in [0.2, 0.25) is 0 Å². The zero-order valence-electron chi connectivity index (χ0n) is 11.8. The Balaban J connectivity index is 2.09. The van der Waals surface area contributed by atoms with Crippen molar-refractivity contribution in [2.75, 3.05) is 13.1 Å². The molecule has 0 fully saturated rings. The van der Waals surface area contributed by atoms with Gasteiger partial charge in [0.2, 0.25) is 0 Å². The first-order valence-electron chi connectivity index (χ1n) is 6.53. The maximum atomic E-state index is 10.8. The fourth-order valence-electron chi connectivity index (χ4n) is 1.89. The van der Waals surface area contributed by atoms with Crippen molar-refractivity contribution in [2.45, 2.75) is 13.5 Å². The van der Waals surface area contributed by atoms with Gasteiger partial charge in [-0.05, 0) is 19.1 Å². The number of aromatic nitrogens is 2. The molecule has 0 spiro atoms. The number of carboxylic acid groups (broad SMARTS) is 1. The average molecular weight is 287 g/mol. The molecule has 0 amide bonds. The van der Waals surface area contributed by atoms with E-state index in [-0.39, 0.29) is 6.54 Å². The van der Waals surface area contributed by atoms with E-state index < -0.39 is 5.97 Å². The van der Waals surface area contributed by atoms with Crippen LogP contribution in [0.5, 0.6) is 0 Å². The quantitative estimate of drug-likeness (QED) is 0.786. The molecule has 2 rings (SSSR count). The van der Waals surface area contributed by atoms with Crippen molar-refractivity contribution in [1.29, 1.82) is 0 Å². The van der Waals surface area contributed by atoms with Gasteiger partial charge in [0.15, 0.2) is 5.82 Å². The van der Waals surface area contributed by atoms with Gasteiger partial charge in [-0.25, -0.2) is 0 Å². The van der Waals surface area contributed by atoms with Crippen LogP contribution in [-0.2, 0) is 11.3 Å². The fraction of sp³-hybridized carbons (Fsp3) is 0.267. The molecule has 6 heteroatoms. The Morgan fingerprint density at radius 3 is 2.76 bits per heavy atom. The van der Waals surface area contributed by atoms with Gasteiger partial charge in [-0.1, -0.05) is 28.9 Å². The van der Waals surface area contributed by atoms with Crippen molar-refractivity contribution >= 4 is 5.97 Å². The maximum absolute atomic E-state index is 10.8. The van der Waals surface area contributed by atoms with Gasteiger partial charge in [0.05, 0.1) is 13.1 Å². The van der Waals surface area contributed by atoms with E-state index in [0.717, 1.165) is 11.1 Å². The van der Waals surface area contributed by atoms with Gasteiger partial charge in [0.25, 0.3) is 5.89 Å². The van der Waals surface area contributed by atoms with E-state index >= 15 is 0 Å². The molecule has 1 heterocycles. The Kier molecular flexibility index (Phi) is 4.84. The lowest BCUT2D eigenvalue weighted by molar-refractivity contribution is -0.138.